The van der Waals surface area contributed by atoms with Gasteiger partial charge in [-0.15, -0.1) is 0 Å². The van der Waals surface area contributed by atoms with Crippen molar-refractivity contribution < 1.29 is 19.3 Å². The Bertz CT molecular complexity index is 272. The van der Waals surface area contributed by atoms with Crippen LogP contribution in [-0.2, 0) is 14.2 Å². The first-order valence-corrected chi connectivity index (χ1v) is 4.98. The van der Waals surface area contributed by atoms with Crippen LogP contribution >= 0.6 is 15.9 Å². The lowest BCUT2D eigenvalue weighted by molar-refractivity contribution is -0.246. The quantitative estimate of drug-likeness (QED) is 0.449. The molecule has 0 unspecified atom stereocenters. The molecule has 0 radical (unpaired) electrons. The van der Waals surface area contributed by atoms with E-state index in [9.17, 15) is 5.11 Å². The number of fused-ring (bicyclic) bond motifs is 7. The minimum atomic E-state index is -1.13. The highest BCUT2D eigenvalue weighted by atomic mass is 79.9. The molecular weight excluding hydrogens is 228 g/mol. The second-order valence-electron chi connectivity index (χ2n) is 3.82. The van der Waals surface area contributed by atoms with Crippen LogP contribution in [0.4, 0.5) is 0 Å². The fourth-order valence-corrected chi connectivity index (χ4v) is 3.23. The molecule has 12 heavy (non-hydrogen) atoms. The first-order chi connectivity index (χ1) is 5.72. The molecule has 0 amide bonds. The Morgan fingerprint density at radius 1 is 1.08 bits per heavy atom. The normalized spacial score (nSPS) is 76.5. The van der Waals surface area contributed by atoms with Gasteiger partial charge in [0.2, 0.25) is 5.79 Å². The molecule has 0 aromatic heterocycles. The van der Waals surface area contributed by atoms with Gasteiger partial charge in [-0.25, -0.2) is 0 Å². The zero-order valence-corrected chi connectivity index (χ0v) is 7.60. The smallest absolute Gasteiger partial charge is 0.225 e. The molecule has 5 heteroatoms. The molecule has 4 aliphatic rings. The van der Waals surface area contributed by atoms with Gasteiger partial charge in [-0.3, -0.25) is 0 Å². The maximum absolute atomic E-state index is 9.97. The molecule has 4 aliphatic heterocycles. The second-order valence-corrected chi connectivity index (χ2v) is 4.88. The number of epoxide rings is 2. The average Bonchev–Trinajstić information content (AvgIpc) is 2.86. The molecule has 7 atom stereocenters. The molecule has 2 bridgehead atoms. The number of alkyl halides is 1. The fraction of sp³-hybridized carbons (Fsp3) is 1.00. The number of hydrogen-bond donors (Lipinski definition) is 1. The van der Waals surface area contributed by atoms with E-state index in [0.717, 1.165) is 0 Å². The summed E-state index contributed by atoms with van der Waals surface area (Å²) < 4.78 is 16.1. The number of rotatable bonds is 0. The van der Waals surface area contributed by atoms with E-state index in [0.29, 0.717) is 0 Å². The molecule has 0 saturated carbocycles. The zero-order chi connectivity index (χ0) is 8.09. The lowest BCUT2D eigenvalue weighted by Crippen LogP contribution is -2.50. The molecular formula is C7H7BrO4. The van der Waals surface area contributed by atoms with E-state index in [4.69, 9.17) is 14.2 Å². The van der Waals surface area contributed by atoms with E-state index in [-0.39, 0.29) is 35.3 Å². The summed E-state index contributed by atoms with van der Waals surface area (Å²) in [5, 5.41) is 9.97. The SMILES string of the molecule is O[C@]12O[C@H]([C@H](Br)[C@H]3O[C@H]31)[C@@H]1O[C@@H]12. The summed E-state index contributed by atoms with van der Waals surface area (Å²) >= 11 is 3.50. The molecule has 0 aromatic carbocycles. The Labute approximate surface area is 76.9 Å². The van der Waals surface area contributed by atoms with Crippen molar-refractivity contribution in [2.45, 2.75) is 41.1 Å². The van der Waals surface area contributed by atoms with E-state index in [1.165, 1.54) is 0 Å². The van der Waals surface area contributed by atoms with Crippen molar-refractivity contribution in [3.8, 4) is 0 Å². The van der Waals surface area contributed by atoms with Crippen LogP contribution in [-0.4, -0.2) is 46.2 Å². The Morgan fingerprint density at radius 3 is 2.58 bits per heavy atom. The highest BCUT2D eigenvalue weighted by molar-refractivity contribution is 9.09. The highest BCUT2D eigenvalue weighted by Gasteiger charge is 2.80. The van der Waals surface area contributed by atoms with E-state index < -0.39 is 5.79 Å². The van der Waals surface area contributed by atoms with Gasteiger partial charge < -0.3 is 19.3 Å². The molecule has 66 valence electrons. The molecule has 4 rings (SSSR count). The highest BCUT2D eigenvalue weighted by Crippen LogP contribution is 2.59. The fourth-order valence-electron chi connectivity index (χ4n) is 2.42. The van der Waals surface area contributed by atoms with Crippen molar-refractivity contribution in [1.29, 1.82) is 0 Å². The standard InChI is InChI=1S/C7H7BrO4/c8-1-2-4-6(11-4)7(9,12-2)5-3(1)10-5/h1-6,9H/t1-,2+,3+,4-,5+,6-,7-/m0/s1. The van der Waals surface area contributed by atoms with Crippen LogP contribution in [0.1, 0.15) is 0 Å². The van der Waals surface area contributed by atoms with Crippen LogP contribution in [0.5, 0.6) is 0 Å². The summed E-state index contributed by atoms with van der Waals surface area (Å²) in [6, 6.07) is 0. The predicted molar refractivity (Wildman–Crippen MR) is 39.9 cm³/mol. The van der Waals surface area contributed by atoms with Gasteiger partial charge in [0.1, 0.15) is 30.5 Å². The molecule has 0 aromatic rings. The van der Waals surface area contributed by atoms with Crippen LogP contribution in [0.25, 0.3) is 0 Å². The second kappa shape index (κ2) is 1.62. The predicted octanol–water partition coefficient (Wildman–Crippen LogP) is -0.614. The van der Waals surface area contributed by atoms with Crippen molar-refractivity contribution in [3.63, 3.8) is 0 Å². The maximum Gasteiger partial charge on any atom is 0.225 e. The van der Waals surface area contributed by atoms with Gasteiger partial charge in [-0.05, 0) is 0 Å². The van der Waals surface area contributed by atoms with Gasteiger partial charge >= 0.3 is 0 Å². The van der Waals surface area contributed by atoms with Crippen LogP contribution in [0, 0.1) is 0 Å². The Hall–Kier alpha value is 0.320. The minimum absolute atomic E-state index is 0.0243. The lowest BCUT2D eigenvalue weighted by atomic mass is 10.1. The van der Waals surface area contributed by atoms with Crippen molar-refractivity contribution in [1.82, 2.24) is 0 Å². The van der Waals surface area contributed by atoms with Crippen LogP contribution in [0.2, 0.25) is 0 Å². The Balaban J connectivity index is 1.83. The summed E-state index contributed by atoms with van der Waals surface area (Å²) in [5.74, 6) is -1.13. The van der Waals surface area contributed by atoms with E-state index in [1.54, 1.807) is 0 Å². The molecule has 4 saturated heterocycles. The van der Waals surface area contributed by atoms with E-state index in [2.05, 4.69) is 15.9 Å². The third kappa shape index (κ3) is 0.525. The van der Waals surface area contributed by atoms with Gasteiger partial charge in [0, 0.05) is 0 Å². The minimum Gasteiger partial charge on any atom is -0.362 e. The Kier molecular flexibility index (Phi) is 0.905. The van der Waals surface area contributed by atoms with Crippen molar-refractivity contribution in [3.05, 3.63) is 0 Å². The van der Waals surface area contributed by atoms with Gasteiger partial charge in [0.15, 0.2) is 0 Å². The monoisotopic (exact) mass is 234 g/mol. The largest absolute Gasteiger partial charge is 0.362 e. The van der Waals surface area contributed by atoms with Gasteiger partial charge in [0.05, 0.1) is 4.83 Å². The summed E-state index contributed by atoms with van der Waals surface area (Å²) in [7, 11) is 0. The van der Waals surface area contributed by atoms with Crippen LogP contribution in [0.3, 0.4) is 0 Å². The number of hydrogen-bond acceptors (Lipinski definition) is 4. The lowest BCUT2D eigenvalue weighted by Gasteiger charge is -2.30. The molecule has 0 aliphatic carbocycles. The molecule has 1 N–H and O–H groups in total. The number of ether oxygens (including phenoxy) is 3. The Morgan fingerprint density at radius 2 is 1.75 bits per heavy atom. The number of aliphatic hydroxyl groups is 1. The topological polar surface area (TPSA) is 54.5 Å². The summed E-state index contributed by atoms with van der Waals surface area (Å²) in [4.78, 5) is 0.181. The molecule has 4 nitrogen and oxygen atoms in total. The van der Waals surface area contributed by atoms with Gasteiger partial charge in [-0.2, -0.15) is 0 Å². The molecule has 4 fully saturated rings. The molecule has 0 spiro atoms. The van der Waals surface area contributed by atoms with Crippen molar-refractivity contribution in [2.75, 3.05) is 0 Å². The van der Waals surface area contributed by atoms with E-state index in [1.807, 2.05) is 0 Å². The van der Waals surface area contributed by atoms with Gasteiger partial charge in [0.25, 0.3) is 0 Å². The maximum atomic E-state index is 9.97. The van der Waals surface area contributed by atoms with Crippen molar-refractivity contribution in [2.24, 2.45) is 0 Å². The first-order valence-electron chi connectivity index (χ1n) is 4.07. The summed E-state index contributed by atoms with van der Waals surface area (Å²) in [5.41, 5.74) is 0. The first kappa shape index (κ1) is 6.73. The summed E-state index contributed by atoms with van der Waals surface area (Å²) in [6.45, 7) is 0. The third-order valence-electron chi connectivity index (χ3n) is 3.14. The average molecular weight is 235 g/mol. The van der Waals surface area contributed by atoms with Crippen LogP contribution in [0.15, 0.2) is 0 Å². The van der Waals surface area contributed by atoms with E-state index >= 15 is 0 Å². The molecule has 4 heterocycles. The zero-order valence-electron chi connectivity index (χ0n) is 6.01. The van der Waals surface area contributed by atoms with Crippen molar-refractivity contribution >= 4 is 15.9 Å². The van der Waals surface area contributed by atoms with Crippen LogP contribution < -0.4 is 0 Å². The number of halogens is 1. The summed E-state index contributed by atoms with van der Waals surface area (Å²) in [6.07, 6.45) is -0.111. The van der Waals surface area contributed by atoms with Gasteiger partial charge in [-0.1, -0.05) is 15.9 Å². The third-order valence-corrected chi connectivity index (χ3v) is 4.18.